The fourth-order valence-corrected chi connectivity index (χ4v) is 3.84. The first-order chi connectivity index (χ1) is 17.8. The summed E-state index contributed by atoms with van der Waals surface area (Å²) in [7, 11) is 0. The predicted molar refractivity (Wildman–Crippen MR) is 118 cm³/mol. The summed E-state index contributed by atoms with van der Waals surface area (Å²) in [6.07, 6.45) is -8.67. The summed E-state index contributed by atoms with van der Waals surface area (Å²) < 4.78 is 85.4. The van der Waals surface area contributed by atoms with E-state index in [4.69, 9.17) is 9.62 Å². The number of nitrogens with zero attached hydrogens (tertiary/aromatic N) is 2. The number of para-hydroxylation sites is 1. The number of benzene rings is 2. The number of hydrogen-bond donors (Lipinski definition) is 0. The van der Waals surface area contributed by atoms with Crippen LogP contribution in [0.3, 0.4) is 0 Å². The van der Waals surface area contributed by atoms with Crippen LogP contribution in [-0.2, 0) is 39.9 Å². The van der Waals surface area contributed by atoms with Crippen molar-refractivity contribution in [2.45, 2.75) is 32.4 Å². The number of aromatic nitrogens is 1. The highest BCUT2D eigenvalue weighted by Crippen LogP contribution is 2.39. The van der Waals surface area contributed by atoms with Gasteiger partial charge in [0.25, 0.3) is 5.91 Å². The molecule has 0 unspecified atom stereocenters. The quantitative estimate of drug-likeness (QED) is 0.240. The van der Waals surface area contributed by atoms with E-state index in [9.17, 15) is 35.9 Å². The molecule has 2 aromatic carbocycles. The summed E-state index contributed by atoms with van der Waals surface area (Å²) in [4.78, 5) is 38.9. The van der Waals surface area contributed by atoms with Crippen LogP contribution in [0.1, 0.15) is 29.2 Å². The zero-order chi connectivity index (χ0) is 27.7. The van der Waals surface area contributed by atoms with Crippen LogP contribution in [0, 0.1) is 0 Å². The molecule has 0 saturated carbocycles. The van der Waals surface area contributed by atoms with Crippen molar-refractivity contribution in [3.63, 3.8) is 0 Å². The molecule has 1 amide bonds. The number of fused-ring (bicyclic) bond motifs is 1. The Labute approximate surface area is 211 Å². The monoisotopic (exact) mass is 540 g/mol. The Morgan fingerprint density at radius 2 is 1.66 bits per heavy atom. The maximum Gasteiger partial charge on any atom is 0.416 e. The van der Waals surface area contributed by atoms with Gasteiger partial charge >= 0.3 is 18.3 Å². The third-order valence-corrected chi connectivity index (χ3v) is 5.50. The highest BCUT2D eigenvalue weighted by Gasteiger charge is 2.37. The smallest absolute Gasteiger partial charge is 0.416 e. The van der Waals surface area contributed by atoms with E-state index in [1.807, 2.05) is 0 Å². The molecule has 1 aliphatic heterocycles. The van der Waals surface area contributed by atoms with Gasteiger partial charge in [-0.25, -0.2) is 9.78 Å². The fourth-order valence-electron chi connectivity index (χ4n) is 3.84. The Bertz CT molecular complexity index is 1340. The van der Waals surface area contributed by atoms with E-state index in [0.717, 1.165) is 11.8 Å². The van der Waals surface area contributed by atoms with Crippen LogP contribution in [0.5, 0.6) is 11.6 Å². The summed E-state index contributed by atoms with van der Waals surface area (Å²) >= 11 is 0. The molecule has 4 rings (SSSR count). The van der Waals surface area contributed by atoms with E-state index < -0.39 is 48.5 Å². The third-order valence-electron chi connectivity index (χ3n) is 5.50. The van der Waals surface area contributed by atoms with Gasteiger partial charge in [0, 0.05) is 30.8 Å². The number of carbonyl (C=O) groups excluding carboxylic acids is 2. The van der Waals surface area contributed by atoms with Gasteiger partial charge in [0.1, 0.15) is 0 Å². The molecule has 0 saturated heterocycles. The second-order valence-electron chi connectivity index (χ2n) is 8.25. The molecule has 13 heteroatoms. The normalized spacial score (nSPS) is 13.9. The Morgan fingerprint density at radius 3 is 2.29 bits per heavy atom. The molecule has 0 atom stereocenters. The minimum absolute atomic E-state index is 0.0221. The standard InChI is InChI=1S/C25H18F6N2O5/c1-14(34)37-38-21-5-3-2-4-19(21)18-6-7-32-23-20(18)12-33(22(35)13-36-23)11-15-8-16(24(26,27)28)10-17(9-15)25(29,30)31/h2-10H,11-13H2,1H3. The van der Waals surface area contributed by atoms with Gasteiger partial charge in [-0.1, -0.05) is 18.2 Å². The van der Waals surface area contributed by atoms with E-state index in [2.05, 4.69) is 9.87 Å². The van der Waals surface area contributed by atoms with Crippen LogP contribution in [0.2, 0.25) is 0 Å². The molecule has 0 spiro atoms. The Hall–Kier alpha value is -4.29. The summed E-state index contributed by atoms with van der Waals surface area (Å²) in [6.45, 7) is -0.220. The van der Waals surface area contributed by atoms with Gasteiger partial charge in [0.2, 0.25) is 5.88 Å². The molecule has 0 fully saturated rings. The van der Waals surface area contributed by atoms with Crippen molar-refractivity contribution < 1.29 is 50.4 Å². The number of ether oxygens (including phenoxy) is 1. The average Bonchev–Trinajstić information content (AvgIpc) is 3.00. The number of rotatable bonds is 5. The lowest BCUT2D eigenvalue weighted by atomic mass is 9.99. The molecule has 3 aromatic rings. The van der Waals surface area contributed by atoms with Gasteiger partial charge in [0.15, 0.2) is 12.4 Å². The molecule has 0 bridgehead atoms. The van der Waals surface area contributed by atoms with Crippen LogP contribution in [-0.4, -0.2) is 28.4 Å². The van der Waals surface area contributed by atoms with Crippen LogP contribution < -0.4 is 9.62 Å². The summed E-state index contributed by atoms with van der Waals surface area (Å²) in [5.74, 6) is -1.22. The molecule has 38 heavy (non-hydrogen) atoms. The maximum atomic E-state index is 13.3. The van der Waals surface area contributed by atoms with Crippen LogP contribution >= 0.6 is 0 Å². The van der Waals surface area contributed by atoms with E-state index in [1.54, 1.807) is 24.3 Å². The number of hydrogen-bond acceptors (Lipinski definition) is 6. The van der Waals surface area contributed by atoms with Crippen LogP contribution in [0.4, 0.5) is 26.3 Å². The van der Waals surface area contributed by atoms with E-state index in [0.29, 0.717) is 28.8 Å². The Balaban J connectivity index is 1.73. The lowest BCUT2D eigenvalue weighted by Gasteiger charge is -2.23. The molecule has 1 aliphatic rings. The average molecular weight is 540 g/mol. The lowest BCUT2D eigenvalue weighted by Crippen LogP contribution is -2.32. The van der Waals surface area contributed by atoms with Crippen LogP contribution in [0.25, 0.3) is 11.1 Å². The predicted octanol–water partition coefficient (Wildman–Crippen LogP) is 5.56. The third kappa shape index (κ3) is 5.98. The van der Waals surface area contributed by atoms with Gasteiger partial charge < -0.3 is 9.64 Å². The lowest BCUT2D eigenvalue weighted by molar-refractivity contribution is -0.210. The molecule has 7 nitrogen and oxygen atoms in total. The Kier molecular flexibility index (Phi) is 7.20. The molecular formula is C25H18F6N2O5. The molecular weight excluding hydrogens is 522 g/mol. The molecule has 1 aromatic heterocycles. The number of alkyl halides is 6. The molecule has 2 heterocycles. The highest BCUT2D eigenvalue weighted by molar-refractivity contribution is 5.81. The van der Waals surface area contributed by atoms with Crippen molar-refractivity contribution >= 4 is 11.9 Å². The molecule has 200 valence electrons. The summed E-state index contributed by atoms with van der Waals surface area (Å²) in [6, 6.07) is 9.11. The zero-order valence-corrected chi connectivity index (χ0v) is 19.5. The topological polar surface area (TPSA) is 78.0 Å². The largest absolute Gasteiger partial charge is 0.467 e. The van der Waals surface area contributed by atoms with E-state index in [1.165, 1.54) is 12.3 Å². The first kappa shape index (κ1) is 26.8. The van der Waals surface area contributed by atoms with Gasteiger partial charge in [-0.2, -0.15) is 26.3 Å². The highest BCUT2D eigenvalue weighted by atomic mass is 19.4. The van der Waals surface area contributed by atoms with Crippen molar-refractivity contribution in [1.29, 1.82) is 0 Å². The molecule has 0 radical (unpaired) electrons. The second-order valence-corrected chi connectivity index (χ2v) is 8.25. The van der Waals surface area contributed by atoms with Gasteiger partial charge in [-0.15, -0.1) is 0 Å². The number of pyridine rings is 1. The first-order valence-corrected chi connectivity index (χ1v) is 10.9. The van der Waals surface area contributed by atoms with Gasteiger partial charge in [-0.3, -0.25) is 14.6 Å². The molecule has 0 N–H and O–H groups in total. The molecule has 0 aliphatic carbocycles. The van der Waals surface area contributed by atoms with Crippen molar-refractivity contribution in [2.75, 3.05) is 6.61 Å². The summed E-state index contributed by atoms with van der Waals surface area (Å²) in [5, 5.41) is 0. The van der Waals surface area contributed by atoms with Crippen molar-refractivity contribution in [3.05, 3.63) is 77.0 Å². The maximum absolute atomic E-state index is 13.3. The number of halogens is 6. The number of carbonyl (C=O) groups is 2. The summed E-state index contributed by atoms with van der Waals surface area (Å²) in [5.41, 5.74) is -2.19. The zero-order valence-electron chi connectivity index (χ0n) is 19.5. The minimum Gasteiger partial charge on any atom is -0.467 e. The van der Waals surface area contributed by atoms with E-state index >= 15 is 0 Å². The van der Waals surface area contributed by atoms with Gasteiger partial charge in [0.05, 0.1) is 17.7 Å². The van der Waals surface area contributed by atoms with Crippen molar-refractivity contribution in [1.82, 2.24) is 9.88 Å². The second kappa shape index (κ2) is 10.2. The van der Waals surface area contributed by atoms with E-state index in [-0.39, 0.29) is 29.8 Å². The Morgan fingerprint density at radius 1 is 1.00 bits per heavy atom. The minimum atomic E-state index is -5.03. The number of amides is 1. The first-order valence-electron chi connectivity index (χ1n) is 10.9. The van der Waals surface area contributed by atoms with Crippen molar-refractivity contribution in [2.24, 2.45) is 0 Å². The van der Waals surface area contributed by atoms with Crippen molar-refractivity contribution in [3.8, 4) is 22.8 Å². The SMILES string of the molecule is CC(=O)OOc1ccccc1-c1ccnc2c1CN(Cc1cc(C(F)(F)F)cc(C(F)(F)F)c1)C(=O)CO2. The van der Waals surface area contributed by atoms with Crippen LogP contribution in [0.15, 0.2) is 54.7 Å². The van der Waals surface area contributed by atoms with Gasteiger partial charge in [-0.05, 0) is 41.5 Å². The fraction of sp³-hybridized carbons (Fsp3) is 0.240.